The number of hydrogen-bond donors (Lipinski definition) is 1. The molecule has 1 amide bonds. The Morgan fingerprint density at radius 3 is 2.46 bits per heavy atom. The summed E-state index contributed by atoms with van der Waals surface area (Å²) >= 11 is 0. The molecule has 0 bridgehead atoms. The van der Waals surface area contributed by atoms with Crippen LogP contribution in [0.1, 0.15) is 46.0 Å². The van der Waals surface area contributed by atoms with E-state index in [1.54, 1.807) is 0 Å². The SMILES string of the molecule is CCCCCCCOC(=O)NCC. The number of carbonyl (C=O) groups is 1. The average Bonchev–Trinajstić information content (AvgIpc) is 2.11. The van der Waals surface area contributed by atoms with Gasteiger partial charge in [0.05, 0.1) is 6.61 Å². The van der Waals surface area contributed by atoms with Gasteiger partial charge in [-0.15, -0.1) is 0 Å². The van der Waals surface area contributed by atoms with Gasteiger partial charge in [0, 0.05) is 6.54 Å². The zero-order valence-corrected chi connectivity index (χ0v) is 8.77. The van der Waals surface area contributed by atoms with Gasteiger partial charge < -0.3 is 10.1 Å². The van der Waals surface area contributed by atoms with E-state index in [4.69, 9.17) is 4.74 Å². The van der Waals surface area contributed by atoms with Crippen LogP contribution in [-0.2, 0) is 4.74 Å². The molecule has 0 aromatic carbocycles. The smallest absolute Gasteiger partial charge is 0.407 e. The van der Waals surface area contributed by atoms with E-state index in [-0.39, 0.29) is 6.09 Å². The summed E-state index contributed by atoms with van der Waals surface area (Å²) in [4.78, 5) is 10.8. The number of unbranched alkanes of at least 4 members (excludes halogenated alkanes) is 4. The molecular formula is C10H21NO2. The third kappa shape index (κ3) is 9.18. The quantitative estimate of drug-likeness (QED) is 0.622. The molecule has 3 heteroatoms. The standard InChI is InChI=1S/C10H21NO2/c1-3-5-6-7-8-9-13-10(12)11-4-2/h3-9H2,1-2H3,(H,11,12). The summed E-state index contributed by atoms with van der Waals surface area (Å²) in [5, 5.41) is 2.59. The first-order valence-corrected chi connectivity index (χ1v) is 5.21. The van der Waals surface area contributed by atoms with E-state index in [0.29, 0.717) is 13.2 Å². The molecule has 0 atom stereocenters. The first-order valence-electron chi connectivity index (χ1n) is 5.21. The van der Waals surface area contributed by atoms with Crippen LogP contribution in [0.3, 0.4) is 0 Å². The van der Waals surface area contributed by atoms with Gasteiger partial charge in [-0.25, -0.2) is 4.79 Å². The van der Waals surface area contributed by atoms with Gasteiger partial charge in [0.1, 0.15) is 0 Å². The second kappa shape index (κ2) is 9.36. The molecule has 0 saturated heterocycles. The molecule has 0 unspecified atom stereocenters. The number of ether oxygens (including phenoxy) is 1. The highest BCUT2D eigenvalue weighted by atomic mass is 16.5. The lowest BCUT2D eigenvalue weighted by Gasteiger charge is -2.04. The first-order chi connectivity index (χ1) is 6.31. The minimum absolute atomic E-state index is 0.294. The van der Waals surface area contributed by atoms with Gasteiger partial charge in [-0.05, 0) is 13.3 Å². The monoisotopic (exact) mass is 187 g/mol. The molecule has 3 nitrogen and oxygen atoms in total. The Bertz CT molecular complexity index is 126. The zero-order valence-electron chi connectivity index (χ0n) is 8.77. The first kappa shape index (κ1) is 12.3. The van der Waals surface area contributed by atoms with Gasteiger partial charge in [0.15, 0.2) is 0 Å². The van der Waals surface area contributed by atoms with E-state index in [9.17, 15) is 4.79 Å². The maximum absolute atomic E-state index is 10.8. The van der Waals surface area contributed by atoms with E-state index >= 15 is 0 Å². The van der Waals surface area contributed by atoms with Gasteiger partial charge in [0.25, 0.3) is 0 Å². The lowest BCUT2D eigenvalue weighted by molar-refractivity contribution is 0.144. The molecule has 0 aromatic rings. The molecule has 0 spiro atoms. The van der Waals surface area contributed by atoms with Crippen LogP contribution in [0.15, 0.2) is 0 Å². The molecule has 0 fully saturated rings. The Morgan fingerprint density at radius 2 is 1.85 bits per heavy atom. The molecule has 0 rings (SSSR count). The molecule has 0 aliphatic carbocycles. The maximum Gasteiger partial charge on any atom is 0.407 e. The number of rotatable bonds is 7. The van der Waals surface area contributed by atoms with Crippen molar-refractivity contribution >= 4 is 6.09 Å². The fourth-order valence-corrected chi connectivity index (χ4v) is 1.07. The van der Waals surface area contributed by atoms with Crippen molar-refractivity contribution in [3.05, 3.63) is 0 Å². The van der Waals surface area contributed by atoms with E-state index in [0.717, 1.165) is 12.8 Å². The molecule has 0 aromatic heterocycles. The molecule has 78 valence electrons. The fraction of sp³-hybridized carbons (Fsp3) is 0.900. The van der Waals surface area contributed by atoms with E-state index in [1.807, 2.05) is 6.92 Å². The van der Waals surface area contributed by atoms with Crippen molar-refractivity contribution in [1.29, 1.82) is 0 Å². The molecule has 0 heterocycles. The van der Waals surface area contributed by atoms with Crippen LogP contribution >= 0.6 is 0 Å². The largest absolute Gasteiger partial charge is 0.450 e. The minimum Gasteiger partial charge on any atom is -0.450 e. The predicted octanol–water partition coefficient (Wildman–Crippen LogP) is 2.70. The maximum atomic E-state index is 10.8. The third-order valence-electron chi connectivity index (χ3n) is 1.80. The van der Waals surface area contributed by atoms with Crippen LogP contribution in [0.25, 0.3) is 0 Å². The van der Waals surface area contributed by atoms with Crippen LogP contribution in [0.5, 0.6) is 0 Å². The van der Waals surface area contributed by atoms with E-state index in [2.05, 4.69) is 12.2 Å². The van der Waals surface area contributed by atoms with Gasteiger partial charge >= 0.3 is 6.09 Å². The Balaban J connectivity index is 3.02. The van der Waals surface area contributed by atoms with Crippen molar-refractivity contribution in [3.63, 3.8) is 0 Å². The summed E-state index contributed by atoms with van der Waals surface area (Å²) in [6.45, 7) is 5.25. The van der Waals surface area contributed by atoms with Crippen LogP contribution in [-0.4, -0.2) is 19.2 Å². The normalized spacial score (nSPS) is 9.69. The van der Waals surface area contributed by atoms with Crippen molar-refractivity contribution < 1.29 is 9.53 Å². The Labute approximate surface area is 80.8 Å². The Hall–Kier alpha value is -0.730. The highest BCUT2D eigenvalue weighted by Crippen LogP contribution is 2.02. The summed E-state index contributed by atoms with van der Waals surface area (Å²) < 4.78 is 4.91. The Kier molecular flexibility index (Phi) is 8.83. The van der Waals surface area contributed by atoms with E-state index < -0.39 is 0 Å². The highest BCUT2D eigenvalue weighted by Gasteiger charge is 1.97. The summed E-state index contributed by atoms with van der Waals surface area (Å²) in [7, 11) is 0. The second-order valence-corrected chi connectivity index (χ2v) is 3.08. The lowest BCUT2D eigenvalue weighted by atomic mass is 10.2. The summed E-state index contributed by atoms with van der Waals surface area (Å²) in [6, 6.07) is 0. The summed E-state index contributed by atoms with van der Waals surface area (Å²) in [6.07, 6.45) is 5.62. The number of carbonyl (C=O) groups excluding carboxylic acids is 1. The highest BCUT2D eigenvalue weighted by molar-refractivity contribution is 5.66. The van der Waals surface area contributed by atoms with Gasteiger partial charge in [0.2, 0.25) is 0 Å². The molecule has 0 aliphatic rings. The number of hydrogen-bond acceptors (Lipinski definition) is 2. The second-order valence-electron chi connectivity index (χ2n) is 3.08. The summed E-state index contributed by atoms with van der Waals surface area (Å²) in [5.74, 6) is 0. The van der Waals surface area contributed by atoms with Crippen molar-refractivity contribution in [2.75, 3.05) is 13.2 Å². The molecule has 0 radical (unpaired) electrons. The molecule has 1 N–H and O–H groups in total. The molecule has 0 saturated carbocycles. The fourth-order valence-electron chi connectivity index (χ4n) is 1.07. The van der Waals surface area contributed by atoms with Crippen molar-refractivity contribution in [1.82, 2.24) is 5.32 Å². The van der Waals surface area contributed by atoms with E-state index in [1.165, 1.54) is 19.3 Å². The molecular weight excluding hydrogens is 166 g/mol. The van der Waals surface area contributed by atoms with Crippen LogP contribution in [0, 0.1) is 0 Å². The number of amides is 1. The van der Waals surface area contributed by atoms with Gasteiger partial charge in [-0.2, -0.15) is 0 Å². The average molecular weight is 187 g/mol. The zero-order chi connectivity index (χ0) is 9.94. The topological polar surface area (TPSA) is 38.3 Å². The summed E-state index contributed by atoms with van der Waals surface area (Å²) in [5.41, 5.74) is 0. The Morgan fingerprint density at radius 1 is 1.15 bits per heavy atom. The van der Waals surface area contributed by atoms with Crippen LogP contribution in [0.2, 0.25) is 0 Å². The van der Waals surface area contributed by atoms with Crippen molar-refractivity contribution in [3.8, 4) is 0 Å². The van der Waals surface area contributed by atoms with Crippen LogP contribution in [0.4, 0.5) is 4.79 Å². The molecule has 0 aliphatic heterocycles. The van der Waals surface area contributed by atoms with Gasteiger partial charge in [-0.1, -0.05) is 32.6 Å². The van der Waals surface area contributed by atoms with Gasteiger partial charge in [-0.3, -0.25) is 0 Å². The third-order valence-corrected chi connectivity index (χ3v) is 1.80. The molecule has 13 heavy (non-hydrogen) atoms. The number of nitrogens with one attached hydrogen (secondary N) is 1. The van der Waals surface area contributed by atoms with Crippen LogP contribution < -0.4 is 5.32 Å². The predicted molar refractivity (Wildman–Crippen MR) is 53.8 cm³/mol. The minimum atomic E-state index is -0.294. The van der Waals surface area contributed by atoms with Crippen molar-refractivity contribution in [2.45, 2.75) is 46.0 Å². The lowest BCUT2D eigenvalue weighted by Crippen LogP contribution is -2.23. The number of alkyl carbamates (subject to hydrolysis) is 1. The van der Waals surface area contributed by atoms with Crippen molar-refractivity contribution in [2.24, 2.45) is 0 Å².